The van der Waals surface area contributed by atoms with Crippen LogP contribution in [0.1, 0.15) is 40.2 Å². The topological polar surface area (TPSA) is 75.6 Å². The van der Waals surface area contributed by atoms with Crippen LogP contribution in [0.25, 0.3) is 0 Å². The standard InChI is InChI=1S/C17H25NO4S/c1-16(2,3)22-15(21)18-13(14(19)20)17(4,5)23-11-12-9-7-6-8-10-12/h6-10,13H,11H2,1-5H3,(H,18,21)(H,19,20)/t13-/m0/s1. The van der Waals surface area contributed by atoms with Gasteiger partial charge in [0.05, 0.1) is 0 Å². The molecule has 0 aromatic heterocycles. The van der Waals surface area contributed by atoms with Crippen LogP contribution >= 0.6 is 11.8 Å². The molecule has 0 saturated carbocycles. The van der Waals surface area contributed by atoms with E-state index in [0.717, 1.165) is 5.56 Å². The number of nitrogens with one attached hydrogen (secondary N) is 1. The molecule has 23 heavy (non-hydrogen) atoms. The molecule has 0 fully saturated rings. The minimum atomic E-state index is -1.08. The van der Waals surface area contributed by atoms with Crippen molar-refractivity contribution in [2.45, 2.75) is 56.8 Å². The summed E-state index contributed by atoms with van der Waals surface area (Å²) in [6, 6.07) is 8.74. The first kappa shape index (κ1) is 19.4. The summed E-state index contributed by atoms with van der Waals surface area (Å²) in [6.45, 7) is 8.81. The van der Waals surface area contributed by atoms with Crippen LogP contribution in [0.5, 0.6) is 0 Å². The highest BCUT2D eigenvalue weighted by Crippen LogP contribution is 2.31. The van der Waals surface area contributed by atoms with Crippen LogP contribution in [0.4, 0.5) is 4.79 Å². The summed E-state index contributed by atoms with van der Waals surface area (Å²) in [6.07, 6.45) is -0.724. The van der Waals surface area contributed by atoms with Crippen molar-refractivity contribution in [2.75, 3.05) is 0 Å². The highest BCUT2D eigenvalue weighted by molar-refractivity contribution is 7.99. The Hall–Kier alpha value is -1.69. The van der Waals surface area contributed by atoms with Crippen molar-refractivity contribution in [2.24, 2.45) is 0 Å². The average molecular weight is 339 g/mol. The lowest BCUT2D eigenvalue weighted by Crippen LogP contribution is -2.53. The van der Waals surface area contributed by atoms with E-state index in [2.05, 4.69) is 5.32 Å². The Morgan fingerprint density at radius 1 is 1.17 bits per heavy atom. The van der Waals surface area contributed by atoms with Crippen molar-refractivity contribution in [3.8, 4) is 0 Å². The molecule has 1 rings (SSSR count). The Kier molecular flexibility index (Phi) is 6.50. The molecule has 1 aromatic rings. The summed E-state index contributed by atoms with van der Waals surface area (Å²) in [4.78, 5) is 23.5. The number of rotatable bonds is 6. The van der Waals surface area contributed by atoms with E-state index >= 15 is 0 Å². The molecule has 1 amide bonds. The van der Waals surface area contributed by atoms with Crippen LogP contribution in [0, 0.1) is 0 Å². The van der Waals surface area contributed by atoms with Crippen LogP contribution in [0.3, 0.4) is 0 Å². The fourth-order valence-corrected chi connectivity index (χ4v) is 2.94. The zero-order chi connectivity index (χ0) is 17.7. The summed E-state index contributed by atoms with van der Waals surface area (Å²) >= 11 is 1.48. The molecular weight excluding hydrogens is 314 g/mol. The quantitative estimate of drug-likeness (QED) is 0.827. The van der Waals surface area contributed by atoms with Gasteiger partial charge < -0.3 is 15.2 Å². The molecule has 1 aromatic carbocycles. The van der Waals surface area contributed by atoms with Gasteiger partial charge in [-0.1, -0.05) is 30.3 Å². The molecule has 0 bridgehead atoms. The zero-order valence-corrected chi connectivity index (χ0v) is 15.1. The molecule has 0 unspecified atom stereocenters. The molecule has 0 aliphatic carbocycles. The van der Waals surface area contributed by atoms with Crippen molar-refractivity contribution in [1.82, 2.24) is 5.32 Å². The van der Waals surface area contributed by atoms with Crippen LogP contribution in [-0.4, -0.2) is 33.6 Å². The first-order valence-corrected chi connectivity index (χ1v) is 8.40. The number of aliphatic carboxylic acids is 1. The minimum absolute atomic E-state index is 0.660. The number of carboxylic acids is 1. The van der Waals surface area contributed by atoms with E-state index < -0.39 is 28.5 Å². The number of hydrogen-bond donors (Lipinski definition) is 2. The summed E-state index contributed by atoms with van der Waals surface area (Å²) in [5, 5.41) is 11.9. The number of alkyl carbamates (subject to hydrolysis) is 1. The maximum absolute atomic E-state index is 11.9. The van der Waals surface area contributed by atoms with Crippen LogP contribution in [0.15, 0.2) is 30.3 Å². The van der Waals surface area contributed by atoms with Gasteiger partial charge in [0.1, 0.15) is 11.6 Å². The summed E-state index contributed by atoms with van der Waals surface area (Å²) in [5.74, 6) is -0.422. The molecule has 6 heteroatoms. The molecule has 2 N–H and O–H groups in total. The van der Waals surface area contributed by atoms with Gasteiger partial charge in [0.15, 0.2) is 0 Å². The number of hydrogen-bond acceptors (Lipinski definition) is 4. The zero-order valence-electron chi connectivity index (χ0n) is 14.3. The van der Waals surface area contributed by atoms with E-state index in [4.69, 9.17) is 4.74 Å². The lowest BCUT2D eigenvalue weighted by molar-refractivity contribution is -0.140. The number of thioether (sulfide) groups is 1. The number of carbonyl (C=O) groups is 2. The highest BCUT2D eigenvalue weighted by Gasteiger charge is 2.38. The van der Waals surface area contributed by atoms with Gasteiger partial charge in [0, 0.05) is 10.5 Å². The molecule has 0 spiro atoms. The fourth-order valence-electron chi connectivity index (χ4n) is 1.89. The van der Waals surface area contributed by atoms with E-state index in [0.29, 0.717) is 5.75 Å². The summed E-state index contributed by atoms with van der Waals surface area (Å²) in [7, 11) is 0. The second-order valence-corrected chi connectivity index (χ2v) is 8.42. The first-order valence-electron chi connectivity index (χ1n) is 7.41. The molecule has 0 aliphatic rings. The SMILES string of the molecule is CC(C)(C)OC(=O)N[C@@H](C(=O)O)C(C)(C)SCc1ccccc1. The Morgan fingerprint density at radius 2 is 1.74 bits per heavy atom. The van der Waals surface area contributed by atoms with Gasteiger partial charge >= 0.3 is 12.1 Å². The van der Waals surface area contributed by atoms with Crippen molar-refractivity contribution in [3.63, 3.8) is 0 Å². The molecule has 0 radical (unpaired) electrons. The monoisotopic (exact) mass is 339 g/mol. The Labute approximate surface area is 141 Å². The van der Waals surface area contributed by atoms with Crippen LogP contribution in [0.2, 0.25) is 0 Å². The normalized spacial score (nSPS) is 13.3. The van der Waals surface area contributed by atoms with Gasteiger partial charge in [0.25, 0.3) is 0 Å². The molecule has 5 nitrogen and oxygen atoms in total. The second kappa shape index (κ2) is 7.73. The van der Waals surface area contributed by atoms with E-state index in [1.54, 1.807) is 34.6 Å². The third kappa shape index (κ3) is 6.95. The van der Waals surface area contributed by atoms with Gasteiger partial charge in [-0.05, 0) is 40.2 Å². The van der Waals surface area contributed by atoms with Crippen LogP contribution in [-0.2, 0) is 15.3 Å². The van der Waals surface area contributed by atoms with E-state index in [1.165, 1.54) is 11.8 Å². The largest absolute Gasteiger partial charge is 0.480 e. The lowest BCUT2D eigenvalue weighted by atomic mass is 10.0. The molecule has 128 valence electrons. The Morgan fingerprint density at radius 3 is 2.22 bits per heavy atom. The maximum atomic E-state index is 11.9. The van der Waals surface area contributed by atoms with Crippen molar-refractivity contribution in [3.05, 3.63) is 35.9 Å². The lowest BCUT2D eigenvalue weighted by Gasteiger charge is -2.32. The van der Waals surface area contributed by atoms with Crippen LogP contribution < -0.4 is 5.32 Å². The van der Waals surface area contributed by atoms with Gasteiger partial charge in [-0.2, -0.15) is 0 Å². The molecule has 1 atom stereocenters. The predicted molar refractivity (Wildman–Crippen MR) is 92.6 cm³/mol. The first-order chi connectivity index (χ1) is 10.5. The molecular formula is C17H25NO4S. The number of ether oxygens (including phenoxy) is 1. The number of carboxylic acid groups (broad SMARTS) is 1. The summed E-state index contributed by atoms with van der Waals surface area (Å²) < 4.78 is 4.46. The highest BCUT2D eigenvalue weighted by atomic mass is 32.2. The molecule has 0 saturated heterocycles. The van der Waals surface area contributed by atoms with Gasteiger partial charge in [0.2, 0.25) is 0 Å². The van der Waals surface area contributed by atoms with Crippen molar-refractivity contribution >= 4 is 23.8 Å². The van der Waals surface area contributed by atoms with Gasteiger partial charge in [-0.25, -0.2) is 9.59 Å². The fraction of sp³-hybridized carbons (Fsp3) is 0.529. The van der Waals surface area contributed by atoms with E-state index in [-0.39, 0.29) is 0 Å². The smallest absolute Gasteiger partial charge is 0.408 e. The maximum Gasteiger partial charge on any atom is 0.408 e. The molecule has 0 aliphatic heterocycles. The average Bonchev–Trinajstić information content (AvgIpc) is 2.41. The van der Waals surface area contributed by atoms with E-state index in [9.17, 15) is 14.7 Å². The third-order valence-electron chi connectivity index (χ3n) is 3.06. The Balaban J connectivity index is 2.74. The molecule has 0 heterocycles. The van der Waals surface area contributed by atoms with Crippen molar-refractivity contribution < 1.29 is 19.4 Å². The number of benzene rings is 1. The number of amides is 1. The Bertz CT molecular complexity index is 537. The van der Waals surface area contributed by atoms with Gasteiger partial charge in [-0.3, -0.25) is 0 Å². The number of carbonyl (C=O) groups excluding carboxylic acids is 1. The summed E-state index contributed by atoms with van der Waals surface area (Å²) in [5.41, 5.74) is 0.432. The predicted octanol–water partition coefficient (Wildman–Crippen LogP) is 3.68. The minimum Gasteiger partial charge on any atom is -0.480 e. The van der Waals surface area contributed by atoms with Crippen molar-refractivity contribution in [1.29, 1.82) is 0 Å². The van der Waals surface area contributed by atoms with Gasteiger partial charge in [-0.15, -0.1) is 11.8 Å². The second-order valence-electron chi connectivity index (χ2n) is 6.80. The van der Waals surface area contributed by atoms with E-state index in [1.807, 2.05) is 30.3 Å². The third-order valence-corrected chi connectivity index (χ3v) is 4.51.